The van der Waals surface area contributed by atoms with Crippen LogP contribution < -0.4 is 0 Å². The second kappa shape index (κ2) is 4.23. The zero-order valence-electron chi connectivity index (χ0n) is 8.37. The van der Waals surface area contributed by atoms with Crippen molar-refractivity contribution in [3.8, 4) is 0 Å². The predicted molar refractivity (Wildman–Crippen MR) is 71.9 cm³/mol. The third-order valence-electron chi connectivity index (χ3n) is 2.36. The fraction of sp³-hybridized carbons (Fsp3) is 0.0769. The Labute approximate surface area is 103 Å². The highest BCUT2D eigenvalue weighted by Gasteiger charge is 2.16. The van der Waals surface area contributed by atoms with Gasteiger partial charge in [0.1, 0.15) is 0 Å². The summed E-state index contributed by atoms with van der Waals surface area (Å²) in [4.78, 5) is 0. The molecule has 1 aliphatic rings. The lowest BCUT2D eigenvalue weighted by atomic mass is 10.0. The highest BCUT2D eigenvalue weighted by atomic mass is 127. The van der Waals surface area contributed by atoms with Crippen molar-refractivity contribution >= 4 is 28.2 Å². The van der Waals surface area contributed by atoms with Crippen LogP contribution in [0, 0.1) is 0 Å². The van der Waals surface area contributed by atoms with E-state index in [-0.39, 0.29) is 0 Å². The van der Waals surface area contributed by atoms with Crippen LogP contribution in [0.3, 0.4) is 0 Å². The predicted octanol–water partition coefficient (Wildman–Crippen LogP) is 4.23. The maximum Gasteiger partial charge on any atom is 0.0970 e. The summed E-state index contributed by atoms with van der Waals surface area (Å²) in [7, 11) is 0. The van der Waals surface area contributed by atoms with E-state index in [2.05, 4.69) is 34.7 Å². The summed E-state index contributed by atoms with van der Waals surface area (Å²) in [6.07, 6.45) is 3.98. The first-order valence-corrected chi connectivity index (χ1v) is 5.81. The molecule has 0 spiro atoms. The van der Waals surface area contributed by atoms with Crippen molar-refractivity contribution in [2.24, 2.45) is 0 Å². The quantitative estimate of drug-likeness (QED) is 0.608. The molecule has 1 aromatic carbocycles. The Morgan fingerprint density at radius 1 is 1.13 bits per heavy atom. The van der Waals surface area contributed by atoms with Crippen molar-refractivity contribution in [3.05, 3.63) is 63.0 Å². The summed E-state index contributed by atoms with van der Waals surface area (Å²) in [6, 6.07) is 10.1. The van der Waals surface area contributed by atoms with Crippen LogP contribution in [0.1, 0.15) is 12.5 Å². The molecule has 0 saturated carbocycles. The van der Waals surface area contributed by atoms with Crippen LogP contribution in [0.5, 0.6) is 0 Å². The van der Waals surface area contributed by atoms with Gasteiger partial charge in [0.05, 0.1) is 5.76 Å². The van der Waals surface area contributed by atoms with E-state index >= 15 is 0 Å². The van der Waals surface area contributed by atoms with Gasteiger partial charge in [-0.05, 0) is 47.2 Å². The Morgan fingerprint density at radius 3 is 2.40 bits per heavy atom. The van der Waals surface area contributed by atoms with Gasteiger partial charge in [-0.1, -0.05) is 30.3 Å². The summed E-state index contributed by atoms with van der Waals surface area (Å²) in [5, 5.41) is 9.59. The molecule has 2 rings (SSSR count). The van der Waals surface area contributed by atoms with Crippen molar-refractivity contribution in [1.29, 1.82) is 0 Å². The van der Waals surface area contributed by atoms with Crippen LogP contribution in [0.25, 0.3) is 5.57 Å². The second-order valence-corrected chi connectivity index (χ2v) is 4.58. The fourth-order valence-electron chi connectivity index (χ4n) is 1.65. The fourth-order valence-corrected chi connectivity index (χ4v) is 2.43. The zero-order chi connectivity index (χ0) is 10.8. The van der Waals surface area contributed by atoms with Crippen LogP contribution in [0.2, 0.25) is 0 Å². The molecule has 1 nitrogen and oxygen atoms in total. The van der Waals surface area contributed by atoms with E-state index in [4.69, 9.17) is 0 Å². The molecule has 0 unspecified atom stereocenters. The first kappa shape index (κ1) is 10.5. The highest BCUT2D eigenvalue weighted by molar-refractivity contribution is 14.1. The monoisotopic (exact) mass is 310 g/mol. The average Bonchev–Trinajstić information content (AvgIpc) is 2.61. The van der Waals surface area contributed by atoms with Crippen molar-refractivity contribution in [3.63, 3.8) is 0 Å². The normalized spacial score (nSPS) is 18.5. The van der Waals surface area contributed by atoms with Gasteiger partial charge in [-0.25, -0.2) is 0 Å². The largest absolute Gasteiger partial charge is 0.512 e. The Kier molecular flexibility index (Phi) is 2.95. The highest BCUT2D eigenvalue weighted by Crippen LogP contribution is 2.37. The van der Waals surface area contributed by atoms with Crippen molar-refractivity contribution in [1.82, 2.24) is 0 Å². The van der Waals surface area contributed by atoms with Crippen molar-refractivity contribution < 1.29 is 5.11 Å². The molecule has 1 aromatic rings. The second-order valence-electron chi connectivity index (χ2n) is 3.42. The number of allylic oxidation sites excluding steroid dienone is 6. The molecule has 0 atom stereocenters. The van der Waals surface area contributed by atoms with Gasteiger partial charge in [-0.3, -0.25) is 0 Å². The maximum absolute atomic E-state index is 9.59. The number of benzene rings is 1. The number of halogens is 1. The van der Waals surface area contributed by atoms with E-state index in [9.17, 15) is 5.11 Å². The molecule has 2 heteroatoms. The van der Waals surface area contributed by atoms with Gasteiger partial charge < -0.3 is 5.11 Å². The smallest absolute Gasteiger partial charge is 0.0970 e. The van der Waals surface area contributed by atoms with Gasteiger partial charge in [0.2, 0.25) is 0 Å². The standard InChI is InChI=1S/C13H11IO/c1-9(15)11-7-8-12(14)13(11)10-5-3-2-4-6-10/h2-8,15H,1H3. The van der Waals surface area contributed by atoms with Gasteiger partial charge in [-0.15, -0.1) is 0 Å². The van der Waals surface area contributed by atoms with Crippen LogP contribution in [0.4, 0.5) is 0 Å². The number of hydrogen-bond acceptors (Lipinski definition) is 1. The van der Waals surface area contributed by atoms with Gasteiger partial charge in [0, 0.05) is 14.7 Å². The third kappa shape index (κ3) is 2.00. The summed E-state index contributed by atoms with van der Waals surface area (Å²) in [5.41, 5.74) is 3.19. The first-order chi connectivity index (χ1) is 7.20. The molecule has 0 bridgehead atoms. The topological polar surface area (TPSA) is 20.2 Å². The van der Waals surface area contributed by atoms with E-state index in [0.29, 0.717) is 5.76 Å². The maximum atomic E-state index is 9.59. The molecule has 0 aliphatic heterocycles. The Bertz CT molecular complexity index is 463. The van der Waals surface area contributed by atoms with E-state index in [0.717, 1.165) is 16.7 Å². The molecular formula is C13H11IO. The molecule has 0 heterocycles. The lowest BCUT2D eigenvalue weighted by Gasteiger charge is -2.07. The van der Waals surface area contributed by atoms with Crippen LogP contribution in [-0.4, -0.2) is 5.11 Å². The number of aliphatic hydroxyl groups excluding tert-OH is 1. The molecule has 76 valence electrons. The van der Waals surface area contributed by atoms with Crippen LogP contribution in [-0.2, 0) is 0 Å². The van der Waals surface area contributed by atoms with Gasteiger partial charge >= 0.3 is 0 Å². The minimum absolute atomic E-state index is 0.372. The molecule has 0 amide bonds. The molecule has 0 aromatic heterocycles. The molecular weight excluding hydrogens is 299 g/mol. The first-order valence-electron chi connectivity index (χ1n) is 4.73. The lowest BCUT2D eigenvalue weighted by molar-refractivity contribution is 0.411. The Balaban J connectivity index is 2.55. The van der Waals surface area contributed by atoms with E-state index in [1.165, 1.54) is 3.58 Å². The van der Waals surface area contributed by atoms with Crippen LogP contribution in [0.15, 0.2) is 57.4 Å². The molecule has 1 aliphatic carbocycles. The molecule has 1 N–H and O–H groups in total. The summed E-state index contributed by atoms with van der Waals surface area (Å²) >= 11 is 2.29. The minimum atomic E-state index is 0.372. The van der Waals surface area contributed by atoms with E-state index in [1.54, 1.807) is 6.92 Å². The summed E-state index contributed by atoms with van der Waals surface area (Å²) < 4.78 is 1.17. The summed E-state index contributed by atoms with van der Waals surface area (Å²) in [5.74, 6) is 0.372. The number of aliphatic hydroxyl groups is 1. The average molecular weight is 310 g/mol. The van der Waals surface area contributed by atoms with E-state index < -0.39 is 0 Å². The third-order valence-corrected chi connectivity index (χ3v) is 3.26. The minimum Gasteiger partial charge on any atom is -0.512 e. The van der Waals surface area contributed by atoms with Gasteiger partial charge in [0.25, 0.3) is 0 Å². The SMILES string of the molecule is CC(O)=C1C=CC(I)=C1c1ccccc1. The summed E-state index contributed by atoms with van der Waals surface area (Å²) in [6.45, 7) is 1.72. The molecule has 0 fully saturated rings. The van der Waals surface area contributed by atoms with Crippen LogP contribution >= 0.6 is 22.6 Å². The number of hydrogen-bond donors (Lipinski definition) is 1. The number of rotatable bonds is 1. The Hall–Kier alpha value is -1.03. The van der Waals surface area contributed by atoms with Gasteiger partial charge in [-0.2, -0.15) is 0 Å². The Morgan fingerprint density at radius 2 is 1.80 bits per heavy atom. The zero-order valence-corrected chi connectivity index (χ0v) is 10.5. The molecule has 0 saturated heterocycles. The molecule has 15 heavy (non-hydrogen) atoms. The lowest BCUT2D eigenvalue weighted by Crippen LogP contribution is -1.88. The van der Waals surface area contributed by atoms with Crippen molar-refractivity contribution in [2.75, 3.05) is 0 Å². The van der Waals surface area contributed by atoms with Crippen molar-refractivity contribution in [2.45, 2.75) is 6.92 Å². The van der Waals surface area contributed by atoms with Gasteiger partial charge in [0.15, 0.2) is 0 Å². The van der Waals surface area contributed by atoms with E-state index in [1.807, 2.05) is 30.4 Å². The molecule has 0 radical (unpaired) electrons.